The number of fused-ring (bicyclic) bond motifs is 2. The van der Waals surface area contributed by atoms with Crippen molar-refractivity contribution in [3.63, 3.8) is 0 Å². The molecule has 0 bridgehead atoms. The minimum absolute atomic E-state index is 0.00308. The van der Waals surface area contributed by atoms with E-state index in [4.69, 9.17) is 0 Å². The number of hydrogen-bond donors (Lipinski definition) is 0. The molecule has 0 unspecified atom stereocenters. The Labute approximate surface area is 200 Å². The van der Waals surface area contributed by atoms with E-state index in [0.29, 0.717) is 18.5 Å². The Balaban J connectivity index is 1.38. The number of nitrogens with zero attached hydrogens (tertiary/aromatic N) is 2. The highest BCUT2D eigenvalue weighted by atomic mass is 16.2. The largest absolute Gasteiger partial charge is 0.315 e. The number of likely N-dealkylation sites (N-methyl/N-ethyl adjacent to an activating group) is 1. The summed E-state index contributed by atoms with van der Waals surface area (Å²) in [6, 6.07) is 33.4. The second kappa shape index (κ2) is 9.36. The molecule has 0 aliphatic carbocycles. The minimum atomic E-state index is -0.0473. The van der Waals surface area contributed by atoms with Gasteiger partial charge >= 0.3 is 0 Å². The van der Waals surface area contributed by atoms with Gasteiger partial charge in [-0.1, -0.05) is 72.8 Å². The fraction of sp³-hybridized carbons (Fsp3) is 0.133. The molecule has 0 N–H and O–H groups in total. The second-order valence-electron chi connectivity index (χ2n) is 8.63. The van der Waals surface area contributed by atoms with Crippen LogP contribution in [0.4, 0.5) is 11.4 Å². The molecule has 0 saturated carbocycles. The van der Waals surface area contributed by atoms with Gasteiger partial charge in [0.15, 0.2) is 0 Å². The third-order valence-corrected chi connectivity index (χ3v) is 6.43. The van der Waals surface area contributed by atoms with Gasteiger partial charge in [-0.05, 0) is 59.0 Å². The van der Waals surface area contributed by atoms with Crippen LogP contribution in [-0.4, -0.2) is 18.9 Å². The van der Waals surface area contributed by atoms with Crippen LogP contribution in [0.5, 0.6) is 0 Å². The third-order valence-electron chi connectivity index (χ3n) is 6.43. The van der Waals surface area contributed by atoms with Gasteiger partial charge in [0.25, 0.3) is 5.91 Å². The standard InChI is InChI=1S/C30H26N2O2/c1-31(29(33)19-22-9-3-2-4-10-22)27-17-15-23(16-18-27)30(34)32-21-26-13-6-5-11-24(26)20-25-12-7-8-14-28(25)32/h2-18H,19-21H2,1H3. The average molecular weight is 447 g/mol. The van der Waals surface area contributed by atoms with Crippen molar-refractivity contribution in [2.24, 2.45) is 0 Å². The van der Waals surface area contributed by atoms with Crippen LogP contribution in [0.25, 0.3) is 0 Å². The van der Waals surface area contributed by atoms with Crippen molar-refractivity contribution in [2.75, 3.05) is 16.8 Å². The molecule has 4 nitrogen and oxygen atoms in total. The Morgan fingerprint density at radius 1 is 0.735 bits per heavy atom. The zero-order chi connectivity index (χ0) is 23.5. The van der Waals surface area contributed by atoms with Crippen molar-refractivity contribution in [2.45, 2.75) is 19.4 Å². The minimum Gasteiger partial charge on any atom is -0.315 e. The quantitative estimate of drug-likeness (QED) is 0.407. The molecular formula is C30H26N2O2. The lowest BCUT2D eigenvalue weighted by Gasteiger charge is -2.24. The van der Waals surface area contributed by atoms with Crippen LogP contribution >= 0.6 is 0 Å². The van der Waals surface area contributed by atoms with Crippen molar-refractivity contribution in [3.8, 4) is 0 Å². The molecule has 0 atom stereocenters. The van der Waals surface area contributed by atoms with Gasteiger partial charge in [-0.3, -0.25) is 9.59 Å². The van der Waals surface area contributed by atoms with Gasteiger partial charge in [-0.25, -0.2) is 0 Å². The van der Waals surface area contributed by atoms with Crippen LogP contribution in [0.2, 0.25) is 0 Å². The number of anilines is 2. The number of rotatable bonds is 4. The smallest absolute Gasteiger partial charge is 0.258 e. The third kappa shape index (κ3) is 4.35. The van der Waals surface area contributed by atoms with E-state index in [0.717, 1.165) is 34.5 Å². The molecule has 1 heterocycles. The summed E-state index contributed by atoms with van der Waals surface area (Å²) in [5, 5.41) is 0. The highest BCUT2D eigenvalue weighted by molar-refractivity contribution is 6.07. The van der Waals surface area contributed by atoms with Gasteiger partial charge in [0.05, 0.1) is 13.0 Å². The maximum Gasteiger partial charge on any atom is 0.258 e. The van der Waals surface area contributed by atoms with E-state index >= 15 is 0 Å². The molecule has 34 heavy (non-hydrogen) atoms. The van der Waals surface area contributed by atoms with Crippen LogP contribution < -0.4 is 9.80 Å². The number of benzene rings is 4. The molecule has 1 aliphatic heterocycles. The molecule has 2 amide bonds. The van der Waals surface area contributed by atoms with Crippen molar-refractivity contribution in [1.29, 1.82) is 0 Å². The van der Waals surface area contributed by atoms with Gasteiger partial charge in [-0.2, -0.15) is 0 Å². The lowest BCUT2D eigenvalue weighted by Crippen LogP contribution is -2.31. The van der Waals surface area contributed by atoms with Crippen molar-refractivity contribution in [1.82, 2.24) is 0 Å². The molecule has 4 aromatic carbocycles. The molecule has 168 valence electrons. The number of para-hydroxylation sites is 1. The monoisotopic (exact) mass is 446 g/mol. The normalized spacial score (nSPS) is 12.3. The summed E-state index contributed by atoms with van der Waals surface area (Å²) >= 11 is 0. The summed E-state index contributed by atoms with van der Waals surface area (Å²) in [6.45, 7) is 0.531. The fourth-order valence-corrected chi connectivity index (χ4v) is 4.47. The van der Waals surface area contributed by atoms with Crippen LogP contribution in [0.15, 0.2) is 103 Å². The molecule has 0 saturated heterocycles. The Bertz CT molecular complexity index is 1330. The van der Waals surface area contributed by atoms with E-state index in [1.54, 1.807) is 11.9 Å². The Morgan fingerprint density at radius 2 is 1.35 bits per heavy atom. The SMILES string of the molecule is CN(C(=O)Cc1ccccc1)c1ccc(C(=O)N2Cc3ccccc3Cc3ccccc32)cc1. The number of amides is 2. The number of carbonyl (C=O) groups excluding carboxylic acids is 2. The molecule has 4 aromatic rings. The predicted molar refractivity (Wildman–Crippen MR) is 136 cm³/mol. The van der Waals surface area contributed by atoms with E-state index in [2.05, 4.69) is 18.2 Å². The Morgan fingerprint density at radius 3 is 2.09 bits per heavy atom. The first-order valence-corrected chi connectivity index (χ1v) is 11.5. The molecule has 0 aromatic heterocycles. The molecule has 0 fully saturated rings. The zero-order valence-corrected chi connectivity index (χ0v) is 19.1. The lowest BCUT2D eigenvalue weighted by atomic mass is 10.0. The first-order chi connectivity index (χ1) is 16.6. The van der Waals surface area contributed by atoms with Crippen LogP contribution in [0.3, 0.4) is 0 Å². The average Bonchev–Trinajstić information content (AvgIpc) is 3.05. The molecule has 1 aliphatic rings. The second-order valence-corrected chi connectivity index (χ2v) is 8.63. The van der Waals surface area contributed by atoms with E-state index < -0.39 is 0 Å². The number of hydrogen-bond acceptors (Lipinski definition) is 2. The summed E-state index contributed by atoms with van der Waals surface area (Å²) in [6.07, 6.45) is 1.14. The van der Waals surface area contributed by atoms with E-state index in [1.165, 1.54) is 5.56 Å². The van der Waals surface area contributed by atoms with Gasteiger partial charge < -0.3 is 9.80 Å². The summed E-state index contributed by atoms with van der Waals surface area (Å²) < 4.78 is 0. The van der Waals surface area contributed by atoms with Crippen molar-refractivity contribution < 1.29 is 9.59 Å². The molecule has 5 rings (SSSR count). The van der Waals surface area contributed by atoms with Gasteiger partial charge in [-0.15, -0.1) is 0 Å². The first-order valence-electron chi connectivity index (χ1n) is 11.5. The maximum atomic E-state index is 13.6. The summed E-state index contributed by atoms with van der Waals surface area (Å²) in [5.41, 5.74) is 6.84. The molecule has 0 spiro atoms. The van der Waals surface area contributed by atoms with Gasteiger partial charge in [0.2, 0.25) is 5.91 Å². The Kier molecular flexibility index (Phi) is 5.96. The van der Waals surface area contributed by atoms with Crippen LogP contribution in [0.1, 0.15) is 32.6 Å². The maximum absolute atomic E-state index is 13.6. The van der Waals surface area contributed by atoms with Crippen molar-refractivity contribution in [3.05, 3.63) is 131 Å². The molecule has 0 radical (unpaired) electrons. The fourth-order valence-electron chi connectivity index (χ4n) is 4.47. The van der Waals surface area contributed by atoms with E-state index in [-0.39, 0.29) is 11.8 Å². The highest BCUT2D eigenvalue weighted by Gasteiger charge is 2.25. The number of carbonyl (C=O) groups is 2. The van der Waals surface area contributed by atoms with Gasteiger partial charge in [0, 0.05) is 24.0 Å². The highest BCUT2D eigenvalue weighted by Crippen LogP contribution is 2.32. The first kappa shape index (κ1) is 21.7. The van der Waals surface area contributed by atoms with E-state index in [9.17, 15) is 9.59 Å². The topological polar surface area (TPSA) is 40.6 Å². The zero-order valence-electron chi connectivity index (χ0n) is 19.1. The molecular weight excluding hydrogens is 420 g/mol. The summed E-state index contributed by atoms with van der Waals surface area (Å²) in [7, 11) is 1.77. The van der Waals surface area contributed by atoms with E-state index in [1.807, 2.05) is 89.8 Å². The predicted octanol–water partition coefficient (Wildman–Crippen LogP) is 5.64. The molecule has 4 heteroatoms. The summed E-state index contributed by atoms with van der Waals surface area (Å²) in [4.78, 5) is 29.8. The lowest BCUT2D eigenvalue weighted by molar-refractivity contribution is -0.117. The van der Waals surface area contributed by atoms with Gasteiger partial charge in [0.1, 0.15) is 0 Å². The van der Waals surface area contributed by atoms with Crippen LogP contribution in [0, 0.1) is 0 Å². The Hall–Kier alpha value is -4.18. The van der Waals surface area contributed by atoms with Crippen LogP contribution in [-0.2, 0) is 24.2 Å². The van der Waals surface area contributed by atoms with Crippen molar-refractivity contribution >= 4 is 23.2 Å². The summed E-state index contributed by atoms with van der Waals surface area (Å²) in [5.74, 6) is -0.0442.